The molecule has 3 aromatic rings. The van der Waals surface area contributed by atoms with Crippen LogP contribution in [0.1, 0.15) is 21.7 Å². The average Bonchev–Trinajstić information content (AvgIpc) is 3.05. The second-order valence-electron chi connectivity index (χ2n) is 5.25. The molecule has 0 saturated carbocycles. The third-order valence-electron chi connectivity index (χ3n) is 3.41. The number of hydrogen-bond acceptors (Lipinski definition) is 8. The Morgan fingerprint density at radius 2 is 2.08 bits per heavy atom. The molecule has 126 valence electrons. The number of nitrogens with one attached hydrogen (secondary N) is 1. The number of nitriles is 2. The van der Waals surface area contributed by atoms with Crippen molar-refractivity contribution in [1.82, 2.24) is 15.1 Å². The summed E-state index contributed by atoms with van der Waals surface area (Å²) >= 11 is 0. The van der Waals surface area contributed by atoms with Gasteiger partial charge in [0.1, 0.15) is 17.8 Å². The average molecular weight is 345 g/mol. The van der Waals surface area contributed by atoms with Crippen molar-refractivity contribution in [3.8, 4) is 12.1 Å². The first-order chi connectivity index (χ1) is 12.6. The van der Waals surface area contributed by atoms with Gasteiger partial charge in [0, 0.05) is 6.20 Å². The zero-order valence-corrected chi connectivity index (χ0v) is 13.6. The van der Waals surface area contributed by atoms with Gasteiger partial charge in [-0.1, -0.05) is 11.2 Å². The van der Waals surface area contributed by atoms with Gasteiger partial charge in [-0.3, -0.25) is 14.8 Å². The molecule has 1 aromatic carbocycles. The Balaban J connectivity index is 1.85. The third-order valence-corrected chi connectivity index (χ3v) is 3.41. The van der Waals surface area contributed by atoms with Crippen LogP contribution in [0.3, 0.4) is 0 Å². The molecule has 0 aliphatic heterocycles. The largest absolute Gasteiger partial charge is 0.354 e. The normalized spacial score (nSPS) is 9.96. The van der Waals surface area contributed by atoms with Crippen LogP contribution in [0.25, 0.3) is 11.0 Å². The molecule has 0 atom stereocenters. The maximum atomic E-state index is 12.3. The second-order valence-corrected chi connectivity index (χ2v) is 5.25. The van der Waals surface area contributed by atoms with E-state index in [0.29, 0.717) is 16.7 Å². The number of benzene rings is 1. The van der Waals surface area contributed by atoms with E-state index in [4.69, 9.17) is 15.0 Å². The lowest BCUT2D eigenvalue weighted by Gasteiger charge is -2.02. The maximum Gasteiger partial charge on any atom is 0.277 e. The third kappa shape index (κ3) is 3.52. The number of nitrogens with zero attached hydrogens (tertiary/aromatic N) is 6. The molecule has 2 aromatic heterocycles. The van der Waals surface area contributed by atoms with Crippen LogP contribution < -0.4 is 5.32 Å². The summed E-state index contributed by atoms with van der Waals surface area (Å²) in [7, 11) is 0. The van der Waals surface area contributed by atoms with E-state index in [-0.39, 0.29) is 23.8 Å². The fourth-order valence-corrected chi connectivity index (χ4v) is 2.12. The number of aryl methyl sites for hydroxylation is 1. The molecule has 9 heteroatoms. The standard InChI is InChI=1S/C17H11N7O2/c1-10-7-22-14(9-20-10)17(25)23-16-13-4-11(2-3-15(13)26-24-16)8-21-12(5-18)6-19/h2-4,7,9H,8H2,1H3,(H,23,24,25). The van der Waals surface area contributed by atoms with Gasteiger partial charge in [0.05, 0.1) is 23.8 Å². The summed E-state index contributed by atoms with van der Waals surface area (Å²) in [5.74, 6) is -0.230. The molecule has 1 N–H and O–H groups in total. The lowest BCUT2D eigenvalue weighted by atomic mass is 10.1. The van der Waals surface area contributed by atoms with Crippen LogP contribution >= 0.6 is 0 Å². The van der Waals surface area contributed by atoms with Crippen molar-refractivity contribution in [2.75, 3.05) is 5.32 Å². The van der Waals surface area contributed by atoms with Gasteiger partial charge in [-0.05, 0) is 24.6 Å². The minimum atomic E-state index is -0.465. The summed E-state index contributed by atoms with van der Waals surface area (Å²) in [5.41, 5.74) is 1.85. The van der Waals surface area contributed by atoms with E-state index in [9.17, 15) is 4.79 Å². The first kappa shape index (κ1) is 16.7. The highest BCUT2D eigenvalue weighted by Crippen LogP contribution is 2.24. The highest BCUT2D eigenvalue weighted by atomic mass is 16.5. The van der Waals surface area contributed by atoms with Crippen molar-refractivity contribution in [3.63, 3.8) is 0 Å². The van der Waals surface area contributed by atoms with E-state index in [1.807, 2.05) is 0 Å². The summed E-state index contributed by atoms with van der Waals surface area (Å²) in [4.78, 5) is 24.2. The zero-order valence-electron chi connectivity index (χ0n) is 13.6. The van der Waals surface area contributed by atoms with E-state index in [0.717, 1.165) is 5.56 Å². The number of amides is 1. The lowest BCUT2D eigenvalue weighted by molar-refractivity contribution is 0.102. The molecule has 0 aliphatic rings. The Hall–Kier alpha value is -4.11. The minimum absolute atomic E-state index is 0.147. The molecule has 9 nitrogen and oxygen atoms in total. The van der Waals surface area contributed by atoms with Gasteiger partial charge in [0.15, 0.2) is 11.4 Å². The summed E-state index contributed by atoms with van der Waals surface area (Å²) < 4.78 is 5.19. The first-order valence-electron chi connectivity index (χ1n) is 7.43. The first-order valence-corrected chi connectivity index (χ1v) is 7.43. The molecule has 0 aliphatic carbocycles. The fraction of sp³-hybridized carbons (Fsp3) is 0.118. The van der Waals surface area contributed by atoms with Gasteiger partial charge in [-0.25, -0.2) is 4.98 Å². The Morgan fingerprint density at radius 1 is 1.27 bits per heavy atom. The van der Waals surface area contributed by atoms with Crippen LogP contribution in [-0.2, 0) is 6.54 Å². The van der Waals surface area contributed by atoms with Crippen molar-refractivity contribution in [2.45, 2.75) is 13.5 Å². The molecule has 3 rings (SSSR count). The van der Waals surface area contributed by atoms with Crippen molar-refractivity contribution in [1.29, 1.82) is 10.5 Å². The Labute approximate surface area is 147 Å². The van der Waals surface area contributed by atoms with Gasteiger partial charge >= 0.3 is 0 Å². The predicted molar refractivity (Wildman–Crippen MR) is 91.1 cm³/mol. The predicted octanol–water partition coefficient (Wildman–Crippen LogP) is 2.17. The molecule has 0 radical (unpaired) electrons. The van der Waals surface area contributed by atoms with E-state index >= 15 is 0 Å². The van der Waals surface area contributed by atoms with Gasteiger partial charge < -0.3 is 9.84 Å². The second kappa shape index (κ2) is 7.20. The molecule has 0 spiro atoms. The van der Waals surface area contributed by atoms with Crippen molar-refractivity contribution < 1.29 is 9.32 Å². The molecule has 0 saturated heterocycles. The molecule has 0 bridgehead atoms. The highest BCUT2D eigenvalue weighted by Gasteiger charge is 2.14. The van der Waals surface area contributed by atoms with Crippen LogP contribution in [0.15, 0.2) is 40.1 Å². The fourth-order valence-electron chi connectivity index (χ4n) is 2.12. The Bertz CT molecular complexity index is 1070. The van der Waals surface area contributed by atoms with Crippen LogP contribution in [0.4, 0.5) is 5.82 Å². The van der Waals surface area contributed by atoms with E-state index in [2.05, 4.69) is 25.4 Å². The molecule has 2 heterocycles. The molecule has 0 fully saturated rings. The van der Waals surface area contributed by atoms with Crippen molar-refractivity contribution in [2.24, 2.45) is 4.99 Å². The highest BCUT2D eigenvalue weighted by molar-refractivity contribution is 6.10. The molecular weight excluding hydrogens is 334 g/mol. The lowest BCUT2D eigenvalue weighted by Crippen LogP contribution is -2.14. The Kier molecular flexibility index (Phi) is 4.63. The number of aromatic nitrogens is 3. The van der Waals surface area contributed by atoms with E-state index in [1.54, 1.807) is 37.3 Å². The number of hydrogen-bond donors (Lipinski definition) is 1. The van der Waals surface area contributed by atoms with Gasteiger partial charge in [-0.15, -0.1) is 0 Å². The van der Waals surface area contributed by atoms with Gasteiger partial charge in [0.25, 0.3) is 5.91 Å². The number of anilines is 1. The van der Waals surface area contributed by atoms with Crippen LogP contribution in [-0.4, -0.2) is 26.7 Å². The van der Waals surface area contributed by atoms with Crippen LogP contribution in [0.5, 0.6) is 0 Å². The molecule has 1 amide bonds. The minimum Gasteiger partial charge on any atom is -0.354 e. The van der Waals surface area contributed by atoms with Crippen LogP contribution in [0.2, 0.25) is 0 Å². The van der Waals surface area contributed by atoms with Gasteiger partial charge in [0.2, 0.25) is 5.71 Å². The number of fused-ring (bicyclic) bond motifs is 1. The topological polar surface area (TPSA) is 141 Å². The summed E-state index contributed by atoms with van der Waals surface area (Å²) in [6, 6.07) is 8.53. The number of aliphatic imine (C=N–C) groups is 1. The summed E-state index contributed by atoms with van der Waals surface area (Å²) in [5, 5.41) is 24.5. The number of rotatable bonds is 4. The van der Waals surface area contributed by atoms with Crippen molar-refractivity contribution in [3.05, 3.63) is 47.5 Å². The van der Waals surface area contributed by atoms with Crippen molar-refractivity contribution >= 4 is 28.4 Å². The SMILES string of the molecule is Cc1cnc(C(=O)Nc2noc3ccc(CN=C(C#N)C#N)cc23)cn1. The zero-order chi connectivity index (χ0) is 18.5. The maximum absolute atomic E-state index is 12.3. The van der Waals surface area contributed by atoms with E-state index in [1.165, 1.54) is 12.4 Å². The monoisotopic (exact) mass is 345 g/mol. The number of carbonyl (C=O) groups is 1. The molecule has 0 unspecified atom stereocenters. The molecular formula is C17H11N7O2. The summed E-state index contributed by atoms with van der Waals surface area (Å²) in [6.45, 7) is 1.92. The number of carbonyl (C=O) groups excluding carboxylic acids is 1. The molecule has 26 heavy (non-hydrogen) atoms. The summed E-state index contributed by atoms with van der Waals surface area (Å²) in [6.07, 6.45) is 2.87. The Morgan fingerprint density at radius 3 is 2.77 bits per heavy atom. The van der Waals surface area contributed by atoms with Gasteiger partial charge in [-0.2, -0.15) is 10.5 Å². The van der Waals surface area contributed by atoms with E-state index < -0.39 is 5.91 Å². The smallest absolute Gasteiger partial charge is 0.277 e. The quantitative estimate of drug-likeness (QED) is 0.714. The van der Waals surface area contributed by atoms with Crippen LogP contribution in [0, 0.1) is 29.6 Å².